The Morgan fingerprint density at radius 3 is 2.58 bits per heavy atom. The highest BCUT2D eigenvalue weighted by atomic mass is 15.0. The van der Waals surface area contributed by atoms with E-state index in [0.29, 0.717) is 5.82 Å². The summed E-state index contributed by atoms with van der Waals surface area (Å²) in [5.41, 5.74) is 0.948. The van der Waals surface area contributed by atoms with E-state index >= 15 is 0 Å². The Morgan fingerprint density at radius 1 is 1.50 bits per heavy atom. The van der Waals surface area contributed by atoms with Gasteiger partial charge in [-0.1, -0.05) is 0 Å². The van der Waals surface area contributed by atoms with Gasteiger partial charge in [0.15, 0.2) is 11.4 Å². The summed E-state index contributed by atoms with van der Waals surface area (Å²) < 4.78 is 0. The van der Waals surface area contributed by atoms with Gasteiger partial charge in [-0.2, -0.15) is 10.5 Å². The van der Waals surface area contributed by atoms with Crippen molar-refractivity contribution in [2.24, 2.45) is 4.99 Å². The summed E-state index contributed by atoms with van der Waals surface area (Å²) >= 11 is 0. The summed E-state index contributed by atoms with van der Waals surface area (Å²) in [4.78, 5) is 3.88. The quantitative estimate of drug-likeness (QED) is 0.530. The lowest BCUT2D eigenvalue weighted by atomic mass is 10.3. The summed E-state index contributed by atoms with van der Waals surface area (Å²) in [5.74, 6) is 0.311. The highest BCUT2D eigenvalue weighted by Gasteiger charge is 2.05. The Bertz CT molecular complexity index is 343. The first kappa shape index (κ1) is 8.03. The van der Waals surface area contributed by atoms with E-state index in [2.05, 4.69) is 10.3 Å². The summed E-state index contributed by atoms with van der Waals surface area (Å²) in [6, 6.07) is 3.50. The molecule has 0 amide bonds. The van der Waals surface area contributed by atoms with Crippen molar-refractivity contribution >= 4 is 6.21 Å². The first-order valence-corrected chi connectivity index (χ1v) is 3.30. The molecular weight excluding hydrogens is 152 g/mol. The van der Waals surface area contributed by atoms with E-state index < -0.39 is 0 Å². The second kappa shape index (κ2) is 3.36. The van der Waals surface area contributed by atoms with Gasteiger partial charge in [0.25, 0.3) is 0 Å². The third kappa shape index (κ3) is 1.50. The third-order valence-corrected chi connectivity index (χ3v) is 1.29. The number of nitrogens with one attached hydrogen (secondary N) is 1. The highest BCUT2D eigenvalue weighted by Crippen LogP contribution is 2.05. The normalized spacial score (nSPS) is 13.9. The lowest BCUT2D eigenvalue weighted by Crippen LogP contribution is -2.10. The van der Waals surface area contributed by atoms with Gasteiger partial charge in [-0.3, -0.25) is 0 Å². The minimum absolute atomic E-state index is 0.00463. The smallest absolute Gasteiger partial charge is 0.172 e. The zero-order valence-electron chi connectivity index (χ0n) is 6.50. The van der Waals surface area contributed by atoms with Gasteiger partial charge in [-0.15, -0.1) is 0 Å². The summed E-state index contributed by atoms with van der Waals surface area (Å²) in [5, 5.41) is 19.7. The van der Waals surface area contributed by atoms with Crippen LogP contribution in [0.5, 0.6) is 0 Å². The van der Waals surface area contributed by atoms with Gasteiger partial charge >= 0.3 is 0 Å². The predicted molar refractivity (Wildman–Crippen MR) is 43.6 cm³/mol. The van der Waals surface area contributed by atoms with Gasteiger partial charge in [0.2, 0.25) is 0 Å². The molecule has 0 aliphatic carbocycles. The molecule has 0 saturated heterocycles. The molecule has 0 aromatic carbocycles. The van der Waals surface area contributed by atoms with Crippen LogP contribution in [-0.4, -0.2) is 6.21 Å². The zero-order valence-corrected chi connectivity index (χ0v) is 6.50. The van der Waals surface area contributed by atoms with Gasteiger partial charge in [-0.25, -0.2) is 4.99 Å². The summed E-state index contributed by atoms with van der Waals surface area (Å²) in [7, 11) is 0. The van der Waals surface area contributed by atoms with Gasteiger partial charge in [0.1, 0.15) is 12.1 Å². The minimum atomic E-state index is -0.00463. The molecule has 0 unspecified atom stereocenters. The molecule has 0 spiro atoms. The lowest BCUT2D eigenvalue weighted by molar-refractivity contribution is 0.993. The fourth-order valence-corrected chi connectivity index (χ4v) is 0.691. The molecule has 1 heterocycles. The van der Waals surface area contributed by atoms with Crippen LogP contribution in [0.15, 0.2) is 28.2 Å². The molecule has 4 heteroatoms. The Morgan fingerprint density at radius 2 is 2.17 bits per heavy atom. The van der Waals surface area contributed by atoms with Crippen LogP contribution in [0, 0.1) is 22.7 Å². The van der Waals surface area contributed by atoms with E-state index in [1.54, 1.807) is 24.6 Å². The minimum Gasteiger partial charge on any atom is -0.345 e. The maximum absolute atomic E-state index is 8.48. The van der Waals surface area contributed by atoms with Crippen LogP contribution in [0.3, 0.4) is 0 Å². The van der Waals surface area contributed by atoms with Gasteiger partial charge in [-0.05, 0) is 12.5 Å². The number of nitriles is 2. The highest BCUT2D eigenvalue weighted by molar-refractivity contribution is 5.80. The number of rotatable bonds is 0. The van der Waals surface area contributed by atoms with E-state index in [-0.39, 0.29) is 5.57 Å². The number of nitrogens with zero attached hydrogens (tertiary/aromatic N) is 3. The molecule has 1 aliphatic heterocycles. The van der Waals surface area contributed by atoms with Crippen LogP contribution >= 0.6 is 0 Å². The number of hydrogen-bond acceptors (Lipinski definition) is 4. The van der Waals surface area contributed by atoms with Crippen LogP contribution in [0.2, 0.25) is 0 Å². The SMILES string of the molecule is CC1=CNC(=C(C#N)C#N)N=C1. The molecule has 0 saturated carbocycles. The van der Waals surface area contributed by atoms with Crippen molar-refractivity contribution in [1.29, 1.82) is 10.5 Å². The molecule has 1 aliphatic rings. The number of aliphatic imine (C=N–C) groups is 1. The first-order chi connectivity index (χ1) is 5.77. The van der Waals surface area contributed by atoms with Gasteiger partial charge < -0.3 is 5.32 Å². The third-order valence-electron chi connectivity index (χ3n) is 1.29. The maximum atomic E-state index is 8.48. The van der Waals surface area contributed by atoms with Crippen molar-refractivity contribution in [2.75, 3.05) is 0 Å². The fourth-order valence-electron chi connectivity index (χ4n) is 0.691. The number of hydrogen-bond donors (Lipinski definition) is 1. The largest absolute Gasteiger partial charge is 0.345 e. The van der Waals surface area contributed by atoms with Crippen molar-refractivity contribution in [3.63, 3.8) is 0 Å². The maximum Gasteiger partial charge on any atom is 0.172 e. The standard InChI is InChI=1S/C8H6N4/c1-6-4-11-8(12-5-6)7(2-9)3-10/h4-5,11H,1H3. The van der Waals surface area contributed by atoms with E-state index in [1.165, 1.54) is 0 Å². The van der Waals surface area contributed by atoms with E-state index in [9.17, 15) is 0 Å². The van der Waals surface area contributed by atoms with Crippen LogP contribution in [0.25, 0.3) is 0 Å². The Labute approximate surface area is 70.1 Å². The van der Waals surface area contributed by atoms with Crippen molar-refractivity contribution in [3.8, 4) is 12.1 Å². The van der Waals surface area contributed by atoms with Gasteiger partial charge in [0, 0.05) is 12.4 Å². The monoisotopic (exact) mass is 158 g/mol. The average molecular weight is 158 g/mol. The topological polar surface area (TPSA) is 72.0 Å². The molecule has 0 aromatic rings. The predicted octanol–water partition coefficient (Wildman–Crippen LogP) is 0.823. The molecule has 4 nitrogen and oxygen atoms in total. The Kier molecular flexibility index (Phi) is 2.25. The molecule has 0 fully saturated rings. The molecule has 0 radical (unpaired) electrons. The zero-order chi connectivity index (χ0) is 8.97. The molecule has 0 atom stereocenters. The molecule has 1 N–H and O–H groups in total. The van der Waals surface area contributed by atoms with E-state index in [1.807, 2.05) is 6.92 Å². The second-order valence-corrected chi connectivity index (χ2v) is 2.24. The van der Waals surface area contributed by atoms with Crippen molar-refractivity contribution < 1.29 is 0 Å². The molecule has 0 aromatic heterocycles. The van der Waals surface area contributed by atoms with Crippen LogP contribution in [0.4, 0.5) is 0 Å². The first-order valence-electron chi connectivity index (χ1n) is 3.30. The van der Waals surface area contributed by atoms with Gasteiger partial charge in [0.05, 0.1) is 0 Å². The molecule has 58 valence electrons. The van der Waals surface area contributed by atoms with E-state index in [0.717, 1.165) is 5.57 Å². The molecule has 0 bridgehead atoms. The molecule has 12 heavy (non-hydrogen) atoms. The summed E-state index contributed by atoms with van der Waals surface area (Å²) in [6.07, 6.45) is 3.29. The Balaban J connectivity index is 2.99. The fraction of sp³-hybridized carbons (Fsp3) is 0.125. The lowest BCUT2D eigenvalue weighted by Gasteiger charge is -2.06. The average Bonchev–Trinajstić information content (AvgIpc) is 2.10. The van der Waals surface area contributed by atoms with Crippen LogP contribution in [0.1, 0.15) is 6.92 Å². The second-order valence-electron chi connectivity index (χ2n) is 2.24. The number of allylic oxidation sites excluding steroid dienone is 2. The molecule has 1 rings (SSSR count). The van der Waals surface area contributed by atoms with Crippen molar-refractivity contribution in [1.82, 2.24) is 5.32 Å². The van der Waals surface area contributed by atoms with Crippen LogP contribution < -0.4 is 5.32 Å². The Hall–Kier alpha value is -2.07. The van der Waals surface area contributed by atoms with Crippen LogP contribution in [-0.2, 0) is 0 Å². The van der Waals surface area contributed by atoms with Crippen molar-refractivity contribution in [3.05, 3.63) is 23.2 Å². The summed E-state index contributed by atoms with van der Waals surface area (Å²) in [6.45, 7) is 1.87. The molecular formula is C8H6N4. The van der Waals surface area contributed by atoms with Crippen molar-refractivity contribution in [2.45, 2.75) is 6.92 Å². The van der Waals surface area contributed by atoms with E-state index in [4.69, 9.17) is 10.5 Å².